The second kappa shape index (κ2) is 6.06. The van der Waals surface area contributed by atoms with Gasteiger partial charge in [-0.25, -0.2) is 9.37 Å². The van der Waals surface area contributed by atoms with Gasteiger partial charge in [0.15, 0.2) is 0 Å². The fourth-order valence-electron chi connectivity index (χ4n) is 2.10. The van der Waals surface area contributed by atoms with Crippen LogP contribution in [0.3, 0.4) is 0 Å². The van der Waals surface area contributed by atoms with Crippen LogP contribution in [-0.2, 0) is 6.54 Å². The average Bonchev–Trinajstić information content (AvgIpc) is 2.99. The molecule has 0 amide bonds. The van der Waals surface area contributed by atoms with Crippen LogP contribution in [0.15, 0.2) is 53.9 Å². The molecule has 0 spiro atoms. The molecular weight excluding hydrogens is 283 g/mol. The minimum atomic E-state index is -0.191. The number of rotatable bonds is 4. The van der Waals surface area contributed by atoms with Crippen molar-refractivity contribution in [1.29, 1.82) is 0 Å². The fraction of sp³-hybridized carbons (Fsp3) is 0.118. The van der Waals surface area contributed by atoms with Gasteiger partial charge >= 0.3 is 0 Å². The zero-order valence-corrected chi connectivity index (χ0v) is 12.5. The van der Waals surface area contributed by atoms with Crippen LogP contribution in [0, 0.1) is 12.7 Å². The highest BCUT2D eigenvalue weighted by Crippen LogP contribution is 2.23. The highest BCUT2D eigenvalue weighted by molar-refractivity contribution is 7.09. The Morgan fingerprint density at radius 3 is 2.71 bits per heavy atom. The number of aromatic nitrogens is 1. The lowest BCUT2D eigenvalue weighted by Gasteiger charge is -2.08. The summed E-state index contributed by atoms with van der Waals surface area (Å²) in [5.74, 6) is -0.191. The van der Waals surface area contributed by atoms with Crippen molar-refractivity contribution < 1.29 is 4.39 Å². The summed E-state index contributed by atoms with van der Waals surface area (Å²) in [5, 5.41) is 6.27. The Bertz CT molecular complexity index is 738. The van der Waals surface area contributed by atoms with Gasteiger partial charge in [-0.15, -0.1) is 11.3 Å². The van der Waals surface area contributed by atoms with Crippen LogP contribution in [0.1, 0.15) is 10.6 Å². The minimum absolute atomic E-state index is 0.191. The molecule has 0 atom stereocenters. The van der Waals surface area contributed by atoms with Crippen molar-refractivity contribution >= 4 is 17.0 Å². The van der Waals surface area contributed by atoms with Gasteiger partial charge in [0.2, 0.25) is 0 Å². The molecule has 3 rings (SSSR count). The van der Waals surface area contributed by atoms with Crippen LogP contribution in [0.2, 0.25) is 0 Å². The Morgan fingerprint density at radius 1 is 1.10 bits per heavy atom. The molecule has 0 unspecified atom stereocenters. The maximum atomic E-state index is 13.5. The lowest BCUT2D eigenvalue weighted by Crippen LogP contribution is -2.01. The number of hydrogen-bond donors (Lipinski definition) is 1. The summed E-state index contributed by atoms with van der Waals surface area (Å²) < 4.78 is 13.5. The third-order valence-electron chi connectivity index (χ3n) is 3.32. The van der Waals surface area contributed by atoms with E-state index in [9.17, 15) is 4.39 Å². The summed E-state index contributed by atoms with van der Waals surface area (Å²) in [6, 6.07) is 15.1. The first kappa shape index (κ1) is 13.8. The van der Waals surface area contributed by atoms with E-state index in [1.807, 2.05) is 41.8 Å². The predicted octanol–water partition coefficient (Wildman–Crippen LogP) is 4.87. The van der Waals surface area contributed by atoms with Crippen LogP contribution in [0.25, 0.3) is 11.3 Å². The molecule has 21 heavy (non-hydrogen) atoms. The number of halogens is 1. The number of nitrogens with zero attached hydrogens (tertiary/aromatic N) is 1. The smallest absolute Gasteiger partial charge is 0.128 e. The zero-order chi connectivity index (χ0) is 14.7. The van der Waals surface area contributed by atoms with Crippen molar-refractivity contribution in [3.63, 3.8) is 0 Å². The normalized spacial score (nSPS) is 10.6. The van der Waals surface area contributed by atoms with E-state index in [0.717, 1.165) is 22.0 Å². The minimum Gasteiger partial charge on any atom is -0.378 e. The standard InChI is InChI=1S/C17H15FN2S/c1-12-14(18)8-5-9-15(12)19-10-17-20-16(11-21-17)13-6-3-2-4-7-13/h2-9,11,19H,10H2,1H3. The predicted molar refractivity (Wildman–Crippen MR) is 86.0 cm³/mol. The molecule has 0 saturated heterocycles. The van der Waals surface area contributed by atoms with E-state index in [-0.39, 0.29) is 5.82 Å². The summed E-state index contributed by atoms with van der Waals surface area (Å²) in [6.07, 6.45) is 0. The Balaban J connectivity index is 1.72. The highest BCUT2D eigenvalue weighted by atomic mass is 32.1. The van der Waals surface area contributed by atoms with Gasteiger partial charge in [0, 0.05) is 22.2 Å². The summed E-state index contributed by atoms with van der Waals surface area (Å²) >= 11 is 1.61. The highest BCUT2D eigenvalue weighted by Gasteiger charge is 2.06. The first-order valence-corrected chi connectivity index (χ1v) is 7.61. The molecule has 0 bridgehead atoms. The molecule has 1 heterocycles. The molecule has 2 nitrogen and oxygen atoms in total. The van der Waals surface area contributed by atoms with Crippen molar-refractivity contribution in [1.82, 2.24) is 4.98 Å². The molecule has 0 aliphatic rings. The SMILES string of the molecule is Cc1c(F)cccc1NCc1nc(-c2ccccc2)cs1. The monoisotopic (exact) mass is 298 g/mol. The van der Waals surface area contributed by atoms with E-state index in [4.69, 9.17) is 0 Å². The molecule has 1 aromatic heterocycles. The topological polar surface area (TPSA) is 24.9 Å². The first-order chi connectivity index (χ1) is 10.2. The Hall–Kier alpha value is -2.20. The largest absolute Gasteiger partial charge is 0.378 e. The molecular formula is C17H15FN2S. The summed E-state index contributed by atoms with van der Waals surface area (Å²) in [4.78, 5) is 4.61. The molecule has 0 radical (unpaired) electrons. The van der Waals surface area contributed by atoms with Crippen molar-refractivity contribution in [3.8, 4) is 11.3 Å². The molecule has 1 N–H and O–H groups in total. The molecule has 0 aliphatic carbocycles. The molecule has 2 aromatic carbocycles. The van der Waals surface area contributed by atoms with E-state index < -0.39 is 0 Å². The number of benzene rings is 2. The van der Waals surface area contributed by atoms with E-state index in [2.05, 4.69) is 10.3 Å². The molecule has 0 fully saturated rings. The number of nitrogens with one attached hydrogen (secondary N) is 1. The maximum absolute atomic E-state index is 13.5. The summed E-state index contributed by atoms with van der Waals surface area (Å²) in [5.41, 5.74) is 3.54. The van der Waals surface area contributed by atoms with Gasteiger partial charge in [-0.3, -0.25) is 0 Å². The van der Waals surface area contributed by atoms with Crippen molar-refractivity contribution in [2.45, 2.75) is 13.5 Å². The number of anilines is 1. The van der Waals surface area contributed by atoms with Crippen LogP contribution in [0.4, 0.5) is 10.1 Å². The Labute approximate surface area is 127 Å². The van der Waals surface area contributed by atoms with Gasteiger partial charge in [-0.2, -0.15) is 0 Å². The van der Waals surface area contributed by atoms with Crippen molar-refractivity contribution in [2.75, 3.05) is 5.32 Å². The molecule has 0 saturated carbocycles. The van der Waals surface area contributed by atoms with Gasteiger partial charge < -0.3 is 5.32 Å². The number of hydrogen-bond acceptors (Lipinski definition) is 3. The quantitative estimate of drug-likeness (QED) is 0.743. The maximum Gasteiger partial charge on any atom is 0.128 e. The summed E-state index contributed by atoms with van der Waals surface area (Å²) in [7, 11) is 0. The van der Waals surface area contributed by atoms with Gasteiger partial charge in [0.1, 0.15) is 10.8 Å². The van der Waals surface area contributed by atoms with Crippen LogP contribution in [0.5, 0.6) is 0 Å². The van der Waals surface area contributed by atoms with Gasteiger partial charge in [0.05, 0.1) is 12.2 Å². The van der Waals surface area contributed by atoms with E-state index in [0.29, 0.717) is 12.1 Å². The second-order valence-electron chi connectivity index (χ2n) is 4.76. The van der Waals surface area contributed by atoms with E-state index >= 15 is 0 Å². The lowest BCUT2D eigenvalue weighted by atomic mass is 10.2. The average molecular weight is 298 g/mol. The Kier molecular flexibility index (Phi) is 3.97. The van der Waals surface area contributed by atoms with Gasteiger partial charge in [-0.05, 0) is 19.1 Å². The fourth-order valence-corrected chi connectivity index (χ4v) is 2.85. The van der Waals surface area contributed by atoms with Crippen LogP contribution >= 0.6 is 11.3 Å². The van der Waals surface area contributed by atoms with Crippen LogP contribution in [-0.4, -0.2) is 4.98 Å². The third kappa shape index (κ3) is 3.11. The second-order valence-corrected chi connectivity index (χ2v) is 5.70. The number of thiazole rings is 1. The van der Waals surface area contributed by atoms with Gasteiger partial charge in [-0.1, -0.05) is 36.4 Å². The molecule has 4 heteroatoms. The zero-order valence-electron chi connectivity index (χ0n) is 11.6. The first-order valence-electron chi connectivity index (χ1n) is 6.73. The Morgan fingerprint density at radius 2 is 1.90 bits per heavy atom. The lowest BCUT2D eigenvalue weighted by molar-refractivity contribution is 0.619. The van der Waals surface area contributed by atoms with Crippen LogP contribution < -0.4 is 5.32 Å². The van der Waals surface area contributed by atoms with Crippen molar-refractivity contribution in [2.24, 2.45) is 0 Å². The molecule has 0 aliphatic heterocycles. The third-order valence-corrected chi connectivity index (χ3v) is 4.17. The molecule has 106 valence electrons. The van der Waals surface area contributed by atoms with E-state index in [1.54, 1.807) is 24.3 Å². The van der Waals surface area contributed by atoms with Gasteiger partial charge in [0.25, 0.3) is 0 Å². The summed E-state index contributed by atoms with van der Waals surface area (Å²) in [6.45, 7) is 2.37. The van der Waals surface area contributed by atoms with Crippen molar-refractivity contribution in [3.05, 3.63) is 70.3 Å². The molecule has 3 aromatic rings. The van der Waals surface area contributed by atoms with E-state index in [1.165, 1.54) is 6.07 Å².